The van der Waals surface area contributed by atoms with Gasteiger partial charge in [-0.2, -0.15) is 11.3 Å². The average molecular weight is 460 g/mol. The van der Waals surface area contributed by atoms with Crippen LogP contribution in [0.4, 0.5) is 0 Å². The van der Waals surface area contributed by atoms with Crippen LogP contribution in [0.1, 0.15) is 36.8 Å². The topological polar surface area (TPSA) is 49.8 Å². The molecular weight excluding hydrogens is 429 g/mol. The van der Waals surface area contributed by atoms with Gasteiger partial charge in [0.25, 0.3) is 0 Å². The van der Waals surface area contributed by atoms with Crippen molar-refractivity contribution in [1.82, 2.24) is 4.90 Å². The van der Waals surface area contributed by atoms with E-state index in [1.54, 1.807) is 11.3 Å². The van der Waals surface area contributed by atoms with Gasteiger partial charge in [0.2, 0.25) is 0 Å². The summed E-state index contributed by atoms with van der Waals surface area (Å²) < 4.78 is 6.05. The zero-order valence-electron chi connectivity index (χ0n) is 17.7. The van der Waals surface area contributed by atoms with Crippen molar-refractivity contribution < 1.29 is 14.6 Å². The predicted octanol–water partition coefficient (Wildman–Crippen LogP) is 5.07. The van der Waals surface area contributed by atoms with Crippen molar-refractivity contribution >= 4 is 46.9 Å². The van der Waals surface area contributed by atoms with Crippen LogP contribution in [0.5, 0.6) is 5.75 Å². The Morgan fingerprint density at radius 2 is 1.75 bits per heavy atom. The minimum atomic E-state index is -0.717. The number of likely N-dealkylation sites (tertiary alicyclic amines) is 1. The third-order valence-corrected chi connectivity index (χ3v) is 6.60. The maximum absolute atomic E-state index is 10.7. The van der Waals surface area contributed by atoms with Crippen molar-refractivity contribution in [2.24, 2.45) is 0 Å². The molecule has 0 radical (unpaired) electrons. The Kier molecular flexibility index (Phi) is 9.82. The molecule has 0 bridgehead atoms. The van der Waals surface area contributed by atoms with Crippen LogP contribution < -0.4 is 4.74 Å². The predicted molar refractivity (Wildman–Crippen MR) is 133 cm³/mol. The van der Waals surface area contributed by atoms with Gasteiger partial charge in [-0.05, 0) is 90.0 Å². The number of aliphatic carboxylic acids is 1. The number of hydrogen-bond donors (Lipinski definition) is 1. The first-order valence-electron chi connectivity index (χ1n) is 11.0. The Balaban J connectivity index is 0.00000289. The van der Waals surface area contributed by atoms with E-state index < -0.39 is 5.97 Å². The number of thiophene rings is 1. The molecule has 1 saturated heterocycles. The van der Waals surface area contributed by atoms with E-state index in [9.17, 15) is 4.79 Å². The quantitative estimate of drug-likeness (QED) is 0.430. The van der Waals surface area contributed by atoms with E-state index in [0.717, 1.165) is 38.1 Å². The summed E-state index contributed by atoms with van der Waals surface area (Å²) in [6, 6.07) is 19.7. The van der Waals surface area contributed by atoms with E-state index in [1.165, 1.54) is 22.3 Å². The standard InChI is InChI=1S/C26H29NO3S.Na.H/c28-26(29)4-2-15-27-14-1-3-24(27)18-30-25-11-7-21(8-12-25)17-20-5-9-22(10-6-20)23-13-16-31-19-23;;/h5-13,16,19,24H,1-4,14-15,17-18H2,(H,28,29);;/t24-;;/m0../s1. The van der Waals surface area contributed by atoms with Crippen LogP contribution in [0.25, 0.3) is 11.1 Å². The third-order valence-electron chi connectivity index (χ3n) is 5.92. The molecule has 0 aliphatic carbocycles. The second kappa shape index (κ2) is 12.6. The first-order valence-corrected chi connectivity index (χ1v) is 11.9. The molecule has 32 heavy (non-hydrogen) atoms. The SMILES string of the molecule is O=C(O)CCCN1CCC[C@H]1COc1ccc(Cc2ccc(-c3ccsc3)cc2)cc1.[NaH]. The van der Waals surface area contributed by atoms with Gasteiger partial charge in [-0.1, -0.05) is 36.4 Å². The Labute approximate surface area is 216 Å². The number of nitrogens with zero attached hydrogens (tertiary/aromatic N) is 1. The van der Waals surface area contributed by atoms with Crippen molar-refractivity contribution in [2.45, 2.75) is 38.1 Å². The summed E-state index contributed by atoms with van der Waals surface area (Å²) in [5, 5.41) is 13.1. The summed E-state index contributed by atoms with van der Waals surface area (Å²) in [5.74, 6) is 0.180. The molecule has 0 spiro atoms. The van der Waals surface area contributed by atoms with E-state index in [-0.39, 0.29) is 36.0 Å². The van der Waals surface area contributed by atoms with Crippen molar-refractivity contribution in [3.8, 4) is 16.9 Å². The zero-order chi connectivity index (χ0) is 21.5. The number of carbonyl (C=O) groups is 1. The number of rotatable bonds is 10. The molecule has 2 heterocycles. The fourth-order valence-corrected chi connectivity index (χ4v) is 4.85. The van der Waals surface area contributed by atoms with E-state index in [1.807, 2.05) is 0 Å². The van der Waals surface area contributed by atoms with Gasteiger partial charge in [-0.15, -0.1) is 0 Å². The summed E-state index contributed by atoms with van der Waals surface area (Å²) in [7, 11) is 0. The van der Waals surface area contributed by atoms with Crippen molar-refractivity contribution in [3.05, 3.63) is 76.5 Å². The van der Waals surface area contributed by atoms with Gasteiger partial charge in [-0.3, -0.25) is 9.69 Å². The molecule has 1 aliphatic rings. The molecule has 0 amide bonds. The Morgan fingerprint density at radius 1 is 1.03 bits per heavy atom. The third kappa shape index (κ3) is 7.19. The number of hydrogen-bond acceptors (Lipinski definition) is 4. The van der Waals surface area contributed by atoms with Gasteiger partial charge < -0.3 is 9.84 Å². The molecule has 1 fully saturated rings. The molecule has 0 unspecified atom stereocenters. The van der Waals surface area contributed by atoms with Crippen molar-refractivity contribution in [2.75, 3.05) is 19.7 Å². The van der Waals surface area contributed by atoms with E-state index in [2.05, 4.69) is 70.3 Å². The average Bonchev–Trinajstić information content (AvgIpc) is 3.46. The fraction of sp³-hybridized carbons (Fsp3) is 0.346. The molecule has 1 aliphatic heterocycles. The summed E-state index contributed by atoms with van der Waals surface area (Å²) in [6.07, 6.45) is 4.12. The first kappa shape index (κ1) is 25.0. The Morgan fingerprint density at radius 3 is 2.41 bits per heavy atom. The van der Waals surface area contributed by atoms with Crippen LogP contribution in [-0.4, -0.2) is 71.3 Å². The van der Waals surface area contributed by atoms with Gasteiger partial charge in [-0.25, -0.2) is 0 Å². The molecular formula is C26H30NNaO3S. The number of carboxylic acids is 1. The van der Waals surface area contributed by atoms with Crippen molar-refractivity contribution in [1.29, 1.82) is 0 Å². The van der Waals surface area contributed by atoms with Gasteiger partial charge in [0.05, 0.1) is 0 Å². The summed E-state index contributed by atoms with van der Waals surface area (Å²) in [6.45, 7) is 2.54. The first-order chi connectivity index (χ1) is 15.2. The van der Waals surface area contributed by atoms with Crippen LogP contribution >= 0.6 is 11.3 Å². The Bertz CT molecular complexity index is 958. The fourth-order valence-electron chi connectivity index (χ4n) is 4.19. The van der Waals surface area contributed by atoms with Gasteiger partial charge in [0.1, 0.15) is 12.4 Å². The molecule has 164 valence electrons. The van der Waals surface area contributed by atoms with Crippen LogP contribution in [0.3, 0.4) is 0 Å². The minimum absolute atomic E-state index is 0. The zero-order valence-corrected chi connectivity index (χ0v) is 18.5. The van der Waals surface area contributed by atoms with Gasteiger partial charge in [0, 0.05) is 12.5 Å². The summed E-state index contributed by atoms with van der Waals surface area (Å²) in [4.78, 5) is 13.1. The molecule has 6 heteroatoms. The van der Waals surface area contributed by atoms with Gasteiger partial charge >= 0.3 is 35.5 Å². The number of ether oxygens (including phenoxy) is 1. The molecule has 2 aromatic carbocycles. The second-order valence-corrected chi connectivity index (χ2v) is 8.95. The second-order valence-electron chi connectivity index (χ2n) is 8.17. The van der Waals surface area contributed by atoms with Gasteiger partial charge in [0.15, 0.2) is 0 Å². The molecule has 1 atom stereocenters. The van der Waals surface area contributed by atoms with Crippen LogP contribution in [0, 0.1) is 0 Å². The normalized spacial score (nSPS) is 15.9. The number of carboxylic acid groups (broad SMARTS) is 1. The molecule has 4 nitrogen and oxygen atoms in total. The van der Waals surface area contributed by atoms with E-state index in [4.69, 9.17) is 9.84 Å². The van der Waals surface area contributed by atoms with Crippen LogP contribution in [-0.2, 0) is 11.2 Å². The molecule has 0 saturated carbocycles. The van der Waals surface area contributed by atoms with Crippen LogP contribution in [0.15, 0.2) is 65.4 Å². The molecule has 1 aromatic heterocycles. The van der Waals surface area contributed by atoms with E-state index in [0.29, 0.717) is 19.1 Å². The Hall–Kier alpha value is -1.63. The van der Waals surface area contributed by atoms with Crippen LogP contribution in [0.2, 0.25) is 0 Å². The molecule has 3 aromatic rings. The maximum atomic E-state index is 10.7. The van der Waals surface area contributed by atoms with E-state index >= 15 is 0 Å². The number of benzene rings is 2. The molecule has 1 N–H and O–H groups in total. The summed E-state index contributed by atoms with van der Waals surface area (Å²) in [5.41, 5.74) is 5.11. The summed E-state index contributed by atoms with van der Waals surface area (Å²) >= 11 is 1.72. The van der Waals surface area contributed by atoms with Crippen molar-refractivity contribution in [3.63, 3.8) is 0 Å². The monoisotopic (exact) mass is 459 g/mol. The molecule has 4 rings (SSSR count).